The van der Waals surface area contributed by atoms with E-state index in [0.717, 1.165) is 4.47 Å². The normalized spacial score (nSPS) is 8.22. The maximum Gasteiger partial charge on any atom is 0.316 e. The fraction of sp³-hybridized carbons (Fsp3) is 0. The average molecular weight is 309 g/mol. The van der Waals surface area contributed by atoms with Crippen LogP contribution in [0.4, 0.5) is 0 Å². The first-order valence-corrected chi connectivity index (χ1v) is 4.07. The van der Waals surface area contributed by atoms with Gasteiger partial charge in [-0.3, -0.25) is 0 Å². The van der Waals surface area contributed by atoms with Crippen molar-refractivity contribution in [3.8, 4) is 0 Å². The minimum atomic E-state index is 0. The molecule has 0 amide bonds. The van der Waals surface area contributed by atoms with Gasteiger partial charge in [0.15, 0.2) is 0 Å². The summed E-state index contributed by atoms with van der Waals surface area (Å²) in [7, 11) is 0. The molecule has 9 heavy (non-hydrogen) atoms. The molecule has 1 aromatic carbocycles. The van der Waals surface area contributed by atoms with Crippen LogP contribution in [0.5, 0.6) is 0 Å². The van der Waals surface area contributed by atoms with Crippen LogP contribution in [0.15, 0.2) is 28.7 Å². The number of benzene rings is 1. The van der Waals surface area contributed by atoms with Gasteiger partial charge in [0.1, 0.15) is 0 Å². The predicted octanol–water partition coefficient (Wildman–Crippen LogP) is 2.14. The summed E-state index contributed by atoms with van der Waals surface area (Å²) >= 11 is 5.63. The topological polar surface area (TPSA) is 0 Å². The van der Waals surface area contributed by atoms with Gasteiger partial charge in [-0.1, -0.05) is 22.0 Å². The fourth-order valence-electron chi connectivity index (χ4n) is 0.460. The highest BCUT2D eigenvalue weighted by atomic mass is 127. The van der Waals surface area contributed by atoms with Crippen molar-refractivity contribution >= 4 is 61.6 Å². The van der Waals surface area contributed by atoms with E-state index in [1.807, 2.05) is 12.1 Å². The van der Waals surface area contributed by atoms with E-state index in [-0.39, 0.29) is 23.1 Å². The lowest BCUT2D eigenvalue weighted by Crippen LogP contribution is -1.66. The zero-order valence-electron chi connectivity index (χ0n) is 4.07. The van der Waals surface area contributed by atoms with E-state index in [1.165, 1.54) is 3.57 Å². The van der Waals surface area contributed by atoms with Crippen LogP contribution >= 0.6 is 38.5 Å². The highest BCUT2D eigenvalue weighted by Crippen LogP contribution is 2.12. The highest BCUT2D eigenvalue weighted by Gasteiger charge is 1.84. The summed E-state index contributed by atoms with van der Waals surface area (Å²) in [5.41, 5.74) is 0. The largest absolute Gasteiger partial charge is 0.316 e. The Balaban J connectivity index is 0.000000640. The van der Waals surface area contributed by atoms with Gasteiger partial charge in [0.25, 0.3) is 0 Å². The first kappa shape index (κ1) is 10.2. The fourth-order valence-corrected chi connectivity index (χ4v) is 1.83. The van der Waals surface area contributed by atoms with E-state index in [4.69, 9.17) is 0 Å². The summed E-state index contributed by atoms with van der Waals surface area (Å²) in [4.78, 5) is 0. The third-order valence-corrected chi connectivity index (χ3v) is 1.95. The van der Waals surface area contributed by atoms with Gasteiger partial charge in [0.05, 0.1) is 0 Å². The minimum Gasteiger partial charge on any atom is -0.0601 e. The van der Waals surface area contributed by atoms with Crippen molar-refractivity contribution in [1.82, 2.24) is 0 Å². The molecule has 0 saturated carbocycles. The molecule has 3 heteroatoms. The van der Waals surface area contributed by atoms with Crippen molar-refractivity contribution in [3.05, 3.63) is 32.3 Å². The number of hydrogen-bond acceptors (Lipinski definition) is 0. The maximum absolute atomic E-state index is 3.36. The number of rotatable bonds is 0. The molecule has 1 rings (SSSR count). The van der Waals surface area contributed by atoms with Crippen LogP contribution in [-0.4, -0.2) is 23.1 Å². The monoisotopic (exact) mass is 308 g/mol. The van der Waals surface area contributed by atoms with Crippen LogP contribution in [0.3, 0.4) is 0 Å². The summed E-state index contributed by atoms with van der Waals surface area (Å²) in [6.07, 6.45) is 0. The highest BCUT2D eigenvalue weighted by molar-refractivity contribution is 14.1. The van der Waals surface area contributed by atoms with Crippen molar-refractivity contribution in [2.45, 2.75) is 0 Å². The third kappa shape index (κ3) is 3.80. The molecule has 0 atom stereocenters. The summed E-state index contributed by atoms with van der Waals surface area (Å²) in [6.45, 7) is 0. The van der Waals surface area contributed by atoms with Crippen LogP contribution in [-0.2, 0) is 0 Å². The molecule has 0 fully saturated rings. The van der Waals surface area contributed by atoms with Crippen LogP contribution in [0.1, 0.15) is 0 Å². The van der Waals surface area contributed by atoms with Crippen molar-refractivity contribution in [2.75, 3.05) is 0 Å². The molecule has 0 heterocycles. The van der Waals surface area contributed by atoms with Crippen molar-refractivity contribution in [3.63, 3.8) is 0 Å². The van der Waals surface area contributed by atoms with Gasteiger partial charge in [0, 0.05) is 8.04 Å². The third-order valence-electron chi connectivity index (χ3n) is 0.787. The Hall–Kier alpha value is 1.20. The van der Waals surface area contributed by atoms with E-state index >= 15 is 0 Å². The standard InChI is InChI=1S/C6H4BrI.Mg.2H/c7-5-2-1-3-6(8)4-5;;;/h1-4H;;;. The molecule has 0 radical (unpaired) electrons. The first-order chi connectivity index (χ1) is 3.79. The van der Waals surface area contributed by atoms with Crippen LogP contribution < -0.4 is 0 Å². The van der Waals surface area contributed by atoms with Gasteiger partial charge in [-0.2, -0.15) is 0 Å². The van der Waals surface area contributed by atoms with Gasteiger partial charge in [-0.05, 0) is 40.8 Å². The molecule has 0 saturated heterocycles. The Morgan fingerprint density at radius 2 is 2.00 bits per heavy atom. The lowest BCUT2D eigenvalue weighted by atomic mass is 10.4. The molecular formula is C6H6BrIMg. The zero-order valence-corrected chi connectivity index (χ0v) is 7.81. The van der Waals surface area contributed by atoms with Gasteiger partial charge in [-0.15, -0.1) is 0 Å². The SMILES string of the molecule is Brc1cccc(I)c1.[MgH2]. The molecule has 0 nitrogen and oxygen atoms in total. The molecule has 0 aromatic heterocycles. The first-order valence-electron chi connectivity index (χ1n) is 2.20. The van der Waals surface area contributed by atoms with Gasteiger partial charge < -0.3 is 0 Å². The summed E-state index contributed by atoms with van der Waals surface area (Å²) in [5.74, 6) is 0. The number of hydrogen-bond donors (Lipinski definition) is 0. The van der Waals surface area contributed by atoms with E-state index in [2.05, 4.69) is 50.7 Å². The van der Waals surface area contributed by atoms with Gasteiger partial charge in [-0.25, -0.2) is 0 Å². The Bertz CT molecular complexity index is 173. The molecule has 0 unspecified atom stereocenters. The van der Waals surface area contributed by atoms with Gasteiger partial charge >= 0.3 is 23.1 Å². The molecule has 0 aliphatic rings. The Morgan fingerprint density at radius 3 is 2.33 bits per heavy atom. The average Bonchev–Trinajstić information content (AvgIpc) is 1.64. The van der Waals surface area contributed by atoms with E-state index in [1.54, 1.807) is 0 Å². The number of halogens is 2. The van der Waals surface area contributed by atoms with Crippen LogP contribution in [0.2, 0.25) is 0 Å². The molecular weight excluding hydrogens is 303 g/mol. The van der Waals surface area contributed by atoms with Crippen molar-refractivity contribution < 1.29 is 0 Å². The Morgan fingerprint density at radius 1 is 1.33 bits per heavy atom. The second-order valence-corrected chi connectivity index (χ2v) is 3.60. The molecule has 1 aromatic rings. The molecule has 0 bridgehead atoms. The quantitative estimate of drug-likeness (QED) is 0.509. The van der Waals surface area contributed by atoms with E-state index < -0.39 is 0 Å². The Labute approximate surface area is 92.8 Å². The zero-order chi connectivity index (χ0) is 5.98. The lowest BCUT2D eigenvalue weighted by Gasteiger charge is -1.87. The summed E-state index contributed by atoms with van der Waals surface area (Å²) in [5, 5.41) is 0. The maximum atomic E-state index is 3.36. The molecule has 0 aliphatic heterocycles. The van der Waals surface area contributed by atoms with Crippen LogP contribution in [0.25, 0.3) is 0 Å². The molecule has 0 N–H and O–H groups in total. The van der Waals surface area contributed by atoms with E-state index in [0.29, 0.717) is 0 Å². The lowest BCUT2D eigenvalue weighted by molar-refractivity contribution is 1.60. The second-order valence-electron chi connectivity index (χ2n) is 1.44. The summed E-state index contributed by atoms with van der Waals surface area (Å²) in [6, 6.07) is 8.17. The minimum absolute atomic E-state index is 0. The predicted molar refractivity (Wildman–Crippen MR) is 55.4 cm³/mol. The molecule has 0 spiro atoms. The van der Waals surface area contributed by atoms with E-state index in [9.17, 15) is 0 Å². The Kier molecular flexibility index (Phi) is 5.58. The second kappa shape index (κ2) is 4.93. The smallest absolute Gasteiger partial charge is 0.0601 e. The van der Waals surface area contributed by atoms with Crippen LogP contribution in [0, 0.1) is 3.57 Å². The summed E-state index contributed by atoms with van der Waals surface area (Å²) < 4.78 is 2.40. The van der Waals surface area contributed by atoms with Gasteiger partial charge in [0.2, 0.25) is 0 Å². The molecule has 46 valence electrons. The van der Waals surface area contributed by atoms with Crippen molar-refractivity contribution in [2.24, 2.45) is 0 Å². The van der Waals surface area contributed by atoms with Crippen molar-refractivity contribution in [1.29, 1.82) is 0 Å². The molecule has 0 aliphatic carbocycles.